The Morgan fingerprint density at radius 1 is 1.29 bits per heavy atom. The molecule has 0 aromatic carbocycles. The molecule has 0 aromatic rings. The van der Waals surface area contributed by atoms with Gasteiger partial charge >= 0.3 is 7.48 Å². The number of hydrogen-bond donors (Lipinski definition) is 0. The predicted octanol–water partition coefficient (Wildman–Crippen LogP) is 2.58. The highest BCUT2D eigenvalue weighted by Gasteiger charge is 2.07. The summed E-state index contributed by atoms with van der Waals surface area (Å²) >= 11 is 0. The van der Waals surface area contributed by atoms with Crippen molar-refractivity contribution < 1.29 is 4.65 Å². The molecule has 0 atom stereocenters. The molecule has 0 aliphatic heterocycles. The maximum absolute atomic E-state index is 5.39. The van der Waals surface area contributed by atoms with Crippen molar-refractivity contribution in [2.75, 3.05) is 7.05 Å². The first kappa shape index (κ1) is 13.2. The zero-order chi connectivity index (χ0) is 10.9. The van der Waals surface area contributed by atoms with Crippen LogP contribution in [-0.4, -0.2) is 26.3 Å². The molecule has 0 unspecified atom stereocenters. The first-order chi connectivity index (χ1) is 6.56. The molecule has 0 aromatic heterocycles. The number of allylic oxidation sites excluding steroid dienone is 3. The Hall–Kier alpha value is -0.825. The highest BCUT2D eigenvalue weighted by molar-refractivity contribution is 6.34. The van der Waals surface area contributed by atoms with Crippen LogP contribution in [0.25, 0.3) is 0 Å². The molecule has 77 valence electrons. The smallest absolute Gasteiger partial charge is 0.322 e. The molecule has 0 N–H and O–H groups in total. The van der Waals surface area contributed by atoms with E-state index < -0.39 is 0 Å². The van der Waals surface area contributed by atoms with Crippen LogP contribution in [0.15, 0.2) is 29.2 Å². The summed E-state index contributed by atoms with van der Waals surface area (Å²) in [6.45, 7) is 6.06. The fourth-order valence-corrected chi connectivity index (χ4v) is 0.676. The van der Waals surface area contributed by atoms with Crippen LogP contribution < -0.4 is 0 Å². The highest BCUT2D eigenvalue weighted by atomic mass is 16.5. The minimum atomic E-state index is -0.108. The lowest BCUT2D eigenvalue weighted by molar-refractivity contribution is 0.141. The van der Waals surface area contributed by atoms with E-state index in [0.29, 0.717) is 0 Å². The van der Waals surface area contributed by atoms with Crippen LogP contribution in [0.1, 0.15) is 27.2 Å². The number of aliphatic imine (C=N–C) groups is 1. The van der Waals surface area contributed by atoms with Crippen molar-refractivity contribution in [2.45, 2.75) is 32.8 Å². The lowest BCUT2D eigenvalue weighted by Crippen LogP contribution is -2.20. The molecular weight excluding hydrogens is 173 g/mol. The van der Waals surface area contributed by atoms with Gasteiger partial charge in [0.05, 0.1) is 0 Å². The SMILES string of the molecule is CN=CC/C=C/C=C/[B]OC(C)(C)C. The van der Waals surface area contributed by atoms with Crippen molar-refractivity contribution in [3.63, 3.8) is 0 Å². The van der Waals surface area contributed by atoms with Gasteiger partial charge in [0.25, 0.3) is 0 Å². The van der Waals surface area contributed by atoms with E-state index in [1.54, 1.807) is 14.5 Å². The fraction of sp³-hybridized carbons (Fsp3) is 0.545. The molecule has 0 rings (SSSR count). The Balaban J connectivity index is 3.49. The Labute approximate surface area is 88.0 Å². The van der Waals surface area contributed by atoms with E-state index in [9.17, 15) is 0 Å². The monoisotopic (exact) mass is 192 g/mol. The van der Waals surface area contributed by atoms with Gasteiger partial charge in [-0.2, -0.15) is 0 Å². The summed E-state index contributed by atoms with van der Waals surface area (Å²) in [5, 5.41) is 0. The van der Waals surface area contributed by atoms with Crippen molar-refractivity contribution in [3.8, 4) is 0 Å². The molecule has 0 fully saturated rings. The quantitative estimate of drug-likeness (QED) is 0.372. The third-order valence-electron chi connectivity index (χ3n) is 1.28. The summed E-state index contributed by atoms with van der Waals surface area (Å²) in [6, 6.07) is 0. The van der Waals surface area contributed by atoms with E-state index in [1.807, 2.05) is 51.2 Å². The molecule has 0 aliphatic rings. The molecule has 2 nitrogen and oxygen atoms in total. The Morgan fingerprint density at radius 2 is 2.00 bits per heavy atom. The molecule has 0 aliphatic carbocycles. The second kappa shape index (κ2) is 7.57. The fourth-order valence-electron chi connectivity index (χ4n) is 0.676. The van der Waals surface area contributed by atoms with Gasteiger partial charge in [-0.25, -0.2) is 0 Å². The molecular formula is C11H19BNO. The minimum Gasteiger partial charge on any atom is -0.431 e. The topological polar surface area (TPSA) is 21.6 Å². The molecule has 14 heavy (non-hydrogen) atoms. The lowest BCUT2D eigenvalue weighted by atomic mass is 9.98. The van der Waals surface area contributed by atoms with Gasteiger partial charge in [-0.15, -0.1) is 0 Å². The Bertz CT molecular complexity index is 214. The molecule has 0 spiro atoms. The van der Waals surface area contributed by atoms with Gasteiger partial charge in [-0.05, 0) is 20.8 Å². The van der Waals surface area contributed by atoms with E-state index in [4.69, 9.17) is 4.65 Å². The van der Waals surface area contributed by atoms with Crippen molar-refractivity contribution >= 4 is 13.7 Å². The van der Waals surface area contributed by atoms with E-state index in [-0.39, 0.29) is 5.60 Å². The zero-order valence-corrected chi connectivity index (χ0v) is 9.53. The van der Waals surface area contributed by atoms with Gasteiger partial charge in [0.15, 0.2) is 0 Å². The predicted molar refractivity (Wildman–Crippen MR) is 63.9 cm³/mol. The third-order valence-corrected chi connectivity index (χ3v) is 1.28. The van der Waals surface area contributed by atoms with Crippen LogP contribution in [0.2, 0.25) is 0 Å². The molecule has 1 radical (unpaired) electrons. The summed E-state index contributed by atoms with van der Waals surface area (Å²) in [4.78, 5) is 3.87. The molecule has 3 heteroatoms. The van der Waals surface area contributed by atoms with Crippen LogP contribution in [0, 0.1) is 0 Å². The number of rotatable bonds is 5. The molecule has 0 bridgehead atoms. The molecule has 0 amide bonds. The molecule has 0 saturated heterocycles. The lowest BCUT2D eigenvalue weighted by Gasteiger charge is -2.17. The largest absolute Gasteiger partial charge is 0.431 e. The molecule has 0 heterocycles. The summed E-state index contributed by atoms with van der Waals surface area (Å²) < 4.78 is 5.39. The van der Waals surface area contributed by atoms with E-state index >= 15 is 0 Å². The first-order valence-electron chi connectivity index (χ1n) is 4.80. The Morgan fingerprint density at radius 3 is 2.57 bits per heavy atom. The van der Waals surface area contributed by atoms with Gasteiger partial charge in [-0.3, -0.25) is 0 Å². The minimum absolute atomic E-state index is 0.108. The van der Waals surface area contributed by atoms with Gasteiger partial charge < -0.3 is 9.65 Å². The van der Waals surface area contributed by atoms with Gasteiger partial charge in [0.2, 0.25) is 0 Å². The second-order valence-corrected chi connectivity index (χ2v) is 3.86. The van der Waals surface area contributed by atoms with Crippen LogP contribution in [0.5, 0.6) is 0 Å². The summed E-state index contributed by atoms with van der Waals surface area (Å²) in [5.41, 5.74) is -0.108. The maximum atomic E-state index is 5.39. The normalized spacial score (nSPS) is 13.4. The van der Waals surface area contributed by atoms with Crippen molar-refractivity contribution in [2.24, 2.45) is 4.99 Å². The standard InChI is InChI=1S/C11H19BNO/c1-11(2,3)14-12-9-7-5-6-8-10-13-4/h5-7,9-10H,8H2,1-4H3/b6-5+,9-7+,13-10?. The number of nitrogens with zero attached hydrogens (tertiary/aromatic N) is 1. The third kappa shape index (κ3) is 11.2. The van der Waals surface area contributed by atoms with E-state index in [0.717, 1.165) is 6.42 Å². The summed E-state index contributed by atoms with van der Waals surface area (Å²) in [7, 11) is 3.48. The average molecular weight is 192 g/mol. The Kier molecular flexibility index (Phi) is 7.12. The van der Waals surface area contributed by atoms with Crippen molar-refractivity contribution in [1.82, 2.24) is 0 Å². The van der Waals surface area contributed by atoms with Crippen molar-refractivity contribution in [3.05, 3.63) is 24.2 Å². The van der Waals surface area contributed by atoms with Crippen LogP contribution >= 0.6 is 0 Å². The van der Waals surface area contributed by atoms with Gasteiger partial charge in [0.1, 0.15) is 0 Å². The van der Waals surface area contributed by atoms with Crippen LogP contribution in [0.4, 0.5) is 0 Å². The van der Waals surface area contributed by atoms with E-state index in [2.05, 4.69) is 4.99 Å². The van der Waals surface area contributed by atoms with Gasteiger partial charge in [0, 0.05) is 25.3 Å². The van der Waals surface area contributed by atoms with Gasteiger partial charge in [-0.1, -0.05) is 24.2 Å². The number of hydrogen-bond acceptors (Lipinski definition) is 2. The van der Waals surface area contributed by atoms with E-state index in [1.165, 1.54) is 0 Å². The summed E-state index contributed by atoms with van der Waals surface area (Å²) in [5.74, 6) is 1.88. The highest BCUT2D eigenvalue weighted by Crippen LogP contribution is 2.04. The van der Waals surface area contributed by atoms with Crippen LogP contribution in [-0.2, 0) is 4.65 Å². The maximum Gasteiger partial charge on any atom is 0.322 e. The van der Waals surface area contributed by atoms with Crippen LogP contribution in [0.3, 0.4) is 0 Å². The second-order valence-electron chi connectivity index (χ2n) is 3.86. The summed E-state index contributed by atoms with van der Waals surface area (Å²) in [6.07, 6.45) is 8.69. The average Bonchev–Trinajstić information content (AvgIpc) is 2.08. The first-order valence-corrected chi connectivity index (χ1v) is 4.80. The molecule has 0 saturated carbocycles. The zero-order valence-electron chi connectivity index (χ0n) is 9.53. The van der Waals surface area contributed by atoms with Crippen molar-refractivity contribution in [1.29, 1.82) is 0 Å².